The molecule has 0 atom stereocenters. The number of nitrogens with zero attached hydrogens (tertiary/aromatic N) is 1. The van der Waals surface area contributed by atoms with Gasteiger partial charge in [0.05, 0.1) is 9.82 Å². The number of anilines is 2. The zero-order valence-corrected chi connectivity index (χ0v) is 17.1. The van der Waals surface area contributed by atoms with E-state index in [1.54, 1.807) is 24.3 Å². The van der Waals surface area contributed by atoms with Crippen molar-refractivity contribution in [1.29, 1.82) is 0 Å². The number of amides is 1. The van der Waals surface area contributed by atoms with E-state index in [2.05, 4.69) is 26.0 Å². The summed E-state index contributed by atoms with van der Waals surface area (Å²) in [5, 5.41) is 13.3. The molecule has 10 heteroatoms. The molecule has 2 N–H and O–H groups in total. The molecule has 0 spiro atoms. The zero-order chi connectivity index (χ0) is 21.0. The van der Waals surface area contributed by atoms with Gasteiger partial charge in [0.25, 0.3) is 21.6 Å². The quantitative estimate of drug-likeness (QED) is 0.404. The highest BCUT2D eigenvalue weighted by Gasteiger charge is 2.17. The molecule has 0 aromatic heterocycles. The second-order valence-electron chi connectivity index (χ2n) is 5.90. The van der Waals surface area contributed by atoms with Gasteiger partial charge in [0.2, 0.25) is 0 Å². The molecule has 3 rings (SSSR count). The molecule has 148 valence electrons. The first-order chi connectivity index (χ1) is 13.7. The van der Waals surface area contributed by atoms with Crippen LogP contribution in [0, 0.1) is 10.1 Å². The third-order valence-electron chi connectivity index (χ3n) is 3.84. The first-order valence-electron chi connectivity index (χ1n) is 8.19. The van der Waals surface area contributed by atoms with Crippen molar-refractivity contribution in [3.63, 3.8) is 0 Å². The summed E-state index contributed by atoms with van der Waals surface area (Å²) < 4.78 is 28.5. The highest BCUT2D eigenvalue weighted by atomic mass is 79.9. The van der Waals surface area contributed by atoms with E-state index in [-0.39, 0.29) is 16.1 Å². The van der Waals surface area contributed by atoms with Gasteiger partial charge in [-0.05, 0) is 54.6 Å². The van der Waals surface area contributed by atoms with Crippen molar-refractivity contribution in [3.05, 3.63) is 92.9 Å². The molecule has 29 heavy (non-hydrogen) atoms. The fourth-order valence-electron chi connectivity index (χ4n) is 2.41. The van der Waals surface area contributed by atoms with Crippen molar-refractivity contribution in [2.45, 2.75) is 4.90 Å². The lowest BCUT2D eigenvalue weighted by atomic mass is 10.2. The molecule has 0 unspecified atom stereocenters. The van der Waals surface area contributed by atoms with E-state index in [9.17, 15) is 23.3 Å². The van der Waals surface area contributed by atoms with E-state index in [0.717, 1.165) is 4.47 Å². The maximum absolute atomic E-state index is 12.6. The monoisotopic (exact) mass is 475 g/mol. The Morgan fingerprint density at radius 3 is 2.17 bits per heavy atom. The fraction of sp³-hybridized carbons (Fsp3) is 0. The second-order valence-corrected chi connectivity index (χ2v) is 8.50. The van der Waals surface area contributed by atoms with Crippen molar-refractivity contribution in [3.8, 4) is 0 Å². The number of benzene rings is 3. The Bertz CT molecular complexity index is 1160. The summed E-state index contributed by atoms with van der Waals surface area (Å²) in [4.78, 5) is 22.5. The summed E-state index contributed by atoms with van der Waals surface area (Å²) in [6, 6.07) is 17.5. The summed E-state index contributed by atoms with van der Waals surface area (Å²) in [5.74, 6) is -0.542. The molecular formula is C19H14BrN3O5S. The third-order valence-corrected chi connectivity index (χ3v) is 5.75. The van der Waals surface area contributed by atoms with Gasteiger partial charge in [-0.3, -0.25) is 19.6 Å². The molecule has 8 nitrogen and oxygen atoms in total. The average molecular weight is 476 g/mol. The Morgan fingerprint density at radius 2 is 1.55 bits per heavy atom. The van der Waals surface area contributed by atoms with E-state index in [1.165, 1.54) is 48.5 Å². The standard InChI is InChI=1S/C19H14BrN3O5S/c20-14-4-6-16(7-5-14)22-29(27,28)18-3-1-2-13(12-18)19(24)21-15-8-10-17(11-9-15)23(25)26/h1-12,22H,(H,21,24). The van der Waals surface area contributed by atoms with Crippen molar-refractivity contribution in [2.24, 2.45) is 0 Å². The summed E-state index contributed by atoms with van der Waals surface area (Å²) >= 11 is 3.28. The minimum absolute atomic E-state index is 0.0724. The van der Waals surface area contributed by atoms with Crippen LogP contribution in [0.15, 0.2) is 82.2 Å². The van der Waals surface area contributed by atoms with Gasteiger partial charge in [-0.25, -0.2) is 8.42 Å². The summed E-state index contributed by atoms with van der Waals surface area (Å²) in [6.45, 7) is 0. The minimum atomic E-state index is -3.89. The predicted octanol–water partition coefficient (Wildman–Crippen LogP) is 4.41. The Morgan fingerprint density at radius 1 is 0.931 bits per heavy atom. The number of nitro benzene ring substituents is 1. The van der Waals surface area contributed by atoms with Gasteiger partial charge in [-0.1, -0.05) is 22.0 Å². The lowest BCUT2D eigenvalue weighted by molar-refractivity contribution is -0.384. The number of nitrogens with one attached hydrogen (secondary N) is 2. The minimum Gasteiger partial charge on any atom is -0.322 e. The summed E-state index contributed by atoms with van der Waals surface area (Å²) in [6.07, 6.45) is 0. The van der Waals surface area contributed by atoms with Crippen LogP contribution < -0.4 is 10.0 Å². The number of rotatable bonds is 6. The van der Waals surface area contributed by atoms with Crippen LogP contribution in [0.2, 0.25) is 0 Å². The second kappa shape index (κ2) is 8.41. The molecule has 0 saturated carbocycles. The number of halogens is 1. The molecule has 0 aliphatic carbocycles. The molecular weight excluding hydrogens is 462 g/mol. The van der Waals surface area contributed by atoms with Crippen LogP contribution in [-0.2, 0) is 10.0 Å². The van der Waals surface area contributed by atoms with E-state index in [0.29, 0.717) is 11.4 Å². The normalized spacial score (nSPS) is 10.9. The fourth-order valence-corrected chi connectivity index (χ4v) is 3.77. The smallest absolute Gasteiger partial charge is 0.269 e. The van der Waals surface area contributed by atoms with Gasteiger partial charge in [0, 0.05) is 33.5 Å². The van der Waals surface area contributed by atoms with Gasteiger partial charge in [-0.2, -0.15) is 0 Å². The summed E-state index contributed by atoms with van der Waals surface area (Å²) in [7, 11) is -3.89. The molecule has 0 heterocycles. The van der Waals surface area contributed by atoms with Crippen LogP contribution in [0.4, 0.5) is 17.1 Å². The molecule has 0 bridgehead atoms. The van der Waals surface area contributed by atoms with Crippen molar-refractivity contribution in [1.82, 2.24) is 0 Å². The van der Waals surface area contributed by atoms with Gasteiger partial charge in [0.1, 0.15) is 0 Å². The molecule has 0 saturated heterocycles. The molecule has 3 aromatic carbocycles. The zero-order valence-electron chi connectivity index (χ0n) is 14.7. The maximum atomic E-state index is 12.6. The van der Waals surface area contributed by atoms with E-state index < -0.39 is 20.9 Å². The van der Waals surface area contributed by atoms with Crippen LogP contribution in [0.1, 0.15) is 10.4 Å². The highest BCUT2D eigenvalue weighted by Crippen LogP contribution is 2.20. The number of carbonyl (C=O) groups is 1. The number of nitro groups is 1. The third kappa shape index (κ3) is 5.18. The van der Waals surface area contributed by atoms with Gasteiger partial charge < -0.3 is 5.32 Å². The van der Waals surface area contributed by atoms with Crippen molar-refractivity contribution >= 4 is 48.9 Å². The molecule has 1 amide bonds. The first-order valence-corrected chi connectivity index (χ1v) is 10.5. The van der Waals surface area contributed by atoms with Gasteiger partial charge in [-0.15, -0.1) is 0 Å². The maximum Gasteiger partial charge on any atom is 0.269 e. The van der Waals surface area contributed by atoms with Crippen LogP contribution in [0.3, 0.4) is 0 Å². The molecule has 0 fully saturated rings. The Kier molecular flexibility index (Phi) is 5.95. The number of hydrogen-bond acceptors (Lipinski definition) is 5. The van der Waals surface area contributed by atoms with E-state index in [1.807, 2.05) is 0 Å². The van der Waals surface area contributed by atoms with Crippen LogP contribution in [-0.4, -0.2) is 19.2 Å². The van der Waals surface area contributed by atoms with Crippen LogP contribution in [0.5, 0.6) is 0 Å². The predicted molar refractivity (Wildman–Crippen MR) is 112 cm³/mol. The number of hydrogen-bond donors (Lipinski definition) is 2. The highest BCUT2D eigenvalue weighted by molar-refractivity contribution is 9.10. The van der Waals surface area contributed by atoms with Crippen molar-refractivity contribution < 1.29 is 18.1 Å². The molecule has 0 aliphatic heterocycles. The number of sulfonamides is 1. The Hall–Kier alpha value is -3.24. The largest absolute Gasteiger partial charge is 0.322 e. The molecule has 3 aromatic rings. The number of non-ortho nitro benzene ring substituents is 1. The molecule has 0 radical (unpaired) electrons. The Balaban J connectivity index is 1.78. The lowest BCUT2D eigenvalue weighted by Crippen LogP contribution is -2.16. The van der Waals surface area contributed by atoms with Crippen molar-refractivity contribution in [2.75, 3.05) is 10.0 Å². The van der Waals surface area contributed by atoms with Crippen LogP contribution >= 0.6 is 15.9 Å². The topological polar surface area (TPSA) is 118 Å². The molecule has 0 aliphatic rings. The van der Waals surface area contributed by atoms with E-state index >= 15 is 0 Å². The lowest BCUT2D eigenvalue weighted by Gasteiger charge is -2.10. The van der Waals surface area contributed by atoms with Gasteiger partial charge >= 0.3 is 0 Å². The van der Waals surface area contributed by atoms with E-state index in [4.69, 9.17) is 0 Å². The van der Waals surface area contributed by atoms with Gasteiger partial charge in [0.15, 0.2) is 0 Å². The average Bonchev–Trinajstić information content (AvgIpc) is 2.70. The van der Waals surface area contributed by atoms with Crippen LogP contribution in [0.25, 0.3) is 0 Å². The summed E-state index contributed by atoms with van der Waals surface area (Å²) in [5.41, 5.74) is 0.757. The SMILES string of the molecule is O=C(Nc1ccc([N+](=O)[O-])cc1)c1cccc(S(=O)(=O)Nc2ccc(Br)cc2)c1. The number of carbonyl (C=O) groups excluding carboxylic acids is 1. The first kappa shape index (κ1) is 20.5. The Labute approximate surface area is 174 Å².